The van der Waals surface area contributed by atoms with E-state index in [4.69, 9.17) is 20.9 Å². The van der Waals surface area contributed by atoms with Gasteiger partial charge in [0, 0.05) is 13.0 Å². The highest BCUT2D eigenvalue weighted by Gasteiger charge is 2.06. The molecule has 0 aromatic carbocycles. The van der Waals surface area contributed by atoms with Crippen molar-refractivity contribution in [3.05, 3.63) is 0 Å². The predicted molar refractivity (Wildman–Crippen MR) is 138 cm³/mol. The molecule has 0 aromatic heterocycles. The van der Waals surface area contributed by atoms with Gasteiger partial charge in [0.1, 0.15) is 6.72 Å². The molecule has 0 bridgehead atoms. The number of carbonyl (C=O) groups is 1. The maximum Gasteiger partial charge on any atom is 0.219 e. The first-order valence-corrected chi connectivity index (χ1v) is 15.8. The maximum absolute atomic E-state index is 11.9. The third-order valence-corrected chi connectivity index (χ3v) is 7.24. The van der Waals surface area contributed by atoms with Gasteiger partial charge in [-0.15, -0.1) is 0 Å². The van der Waals surface area contributed by atoms with Crippen LogP contribution in [0.3, 0.4) is 0 Å². The molecule has 0 heterocycles. The molecular formula is C25H51NO4PS-. The van der Waals surface area contributed by atoms with Crippen LogP contribution in [0.1, 0.15) is 136 Å². The molecule has 0 fully saturated rings. The van der Waals surface area contributed by atoms with Gasteiger partial charge < -0.3 is 19.3 Å². The third kappa shape index (κ3) is 24.6. The highest BCUT2D eigenvalue weighted by Crippen LogP contribution is 2.40. The van der Waals surface area contributed by atoms with Crippen LogP contribution >= 0.6 is 6.72 Å². The van der Waals surface area contributed by atoms with Crippen molar-refractivity contribution in [3.8, 4) is 0 Å². The van der Waals surface area contributed by atoms with Crippen molar-refractivity contribution in [1.29, 1.82) is 0 Å². The average Bonchev–Trinajstić information content (AvgIpc) is 2.72. The van der Waals surface area contributed by atoms with Gasteiger partial charge in [0.2, 0.25) is 5.91 Å². The van der Waals surface area contributed by atoms with E-state index in [1.165, 1.54) is 70.6 Å². The first-order chi connectivity index (χ1) is 15.4. The zero-order valence-corrected chi connectivity index (χ0v) is 22.9. The van der Waals surface area contributed by atoms with Crippen LogP contribution in [-0.4, -0.2) is 25.2 Å². The molecule has 0 aliphatic heterocycles. The van der Waals surface area contributed by atoms with E-state index in [-0.39, 0.29) is 12.0 Å². The topological polar surface area (TPSA) is 70.6 Å². The van der Waals surface area contributed by atoms with E-state index in [1.807, 2.05) is 0 Å². The van der Waals surface area contributed by atoms with Gasteiger partial charge in [0.25, 0.3) is 0 Å². The van der Waals surface area contributed by atoms with Crippen molar-refractivity contribution in [2.75, 3.05) is 13.2 Å². The average molecular weight is 493 g/mol. The highest BCUT2D eigenvalue weighted by molar-refractivity contribution is 8.06. The molecule has 1 N–H and O–H groups in total. The largest absolute Gasteiger partial charge is 0.780 e. The standard InChI is InChI=1S/C25H52NO4PS/c1-4-5-6-7-8-9-10-11-12-13-14-15-18-21-25(27)26-22-19-16-17-20-23-29-31(28,32)30-24(2)3/h24H,4-23H2,1-3H3,(H,26,27)(H,28,32)/p-1. The summed E-state index contributed by atoms with van der Waals surface area (Å²) in [5.74, 6) is 0.175. The lowest BCUT2D eigenvalue weighted by Crippen LogP contribution is -2.23. The summed E-state index contributed by atoms with van der Waals surface area (Å²) in [6.45, 7) is 3.61. The monoisotopic (exact) mass is 492 g/mol. The number of hydrogen-bond acceptors (Lipinski definition) is 5. The van der Waals surface area contributed by atoms with Crippen LogP contribution < -0.4 is 10.2 Å². The lowest BCUT2D eigenvalue weighted by atomic mass is 10.0. The molecule has 0 saturated carbocycles. The van der Waals surface area contributed by atoms with E-state index < -0.39 is 6.72 Å². The van der Waals surface area contributed by atoms with E-state index in [9.17, 15) is 9.69 Å². The molecule has 0 aliphatic rings. The molecule has 0 radical (unpaired) electrons. The van der Waals surface area contributed by atoms with Crippen LogP contribution in [0, 0.1) is 0 Å². The minimum Gasteiger partial charge on any atom is -0.780 e. The normalized spacial score (nSPS) is 13.4. The van der Waals surface area contributed by atoms with Crippen LogP contribution in [0.15, 0.2) is 0 Å². The number of nitrogens with one attached hydrogen (secondary N) is 1. The molecule has 0 saturated heterocycles. The lowest BCUT2D eigenvalue weighted by molar-refractivity contribution is -0.209. The molecule has 0 aromatic rings. The number of carbonyl (C=O) groups excluding carboxylic acids is 1. The zero-order valence-electron chi connectivity index (χ0n) is 21.2. The molecule has 5 nitrogen and oxygen atoms in total. The van der Waals surface area contributed by atoms with Crippen molar-refractivity contribution in [2.45, 2.75) is 142 Å². The molecule has 0 aliphatic carbocycles. The lowest BCUT2D eigenvalue weighted by Gasteiger charge is -2.29. The first kappa shape index (κ1) is 32.0. The molecule has 1 unspecified atom stereocenters. The molecule has 1 atom stereocenters. The van der Waals surface area contributed by atoms with Gasteiger partial charge in [-0.3, -0.25) is 4.79 Å². The smallest absolute Gasteiger partial charge is 0.219 e. The Kier molecular flexibility index (Phi) is 22.8. The summed E-state index contributed by atoms with van der Waals surface area (Å²) in [6, 6.07) is 0. The second-order valence-corrected chi connectivity index (χ2v) is 11.9. The van der Waals surface area contributed by atoms with Crippen molar-refractivity contribution in [3.63, 3.8) is 0 Å². The van der Waals surface area contributed by atoms with E-state index in [0.29, 0.717) is 13.0 Å². The number of hydrogen-bond donors (Lipinski definition) is 1. The summed E-state index contributed by atoms with van der Waals surface area (Å²) in [6.07, 6.45) is 21.4. The quantitative estimate of drug-likeness (QED) is 0.114. The van der Waals surface area contributed by atoms with Crippen LogP contribution in [0.2, 0.25) is 0 Å². The van der Waals surface area contributed by atoms with Gasteiger partial charge in [-0.05, 0) is 33.1 Å². The minimum atomic E-state index is -3.33. The van der Waals surface area contributed by atoms with E-state index in [1.54, 1.807) is 13.8 Å². The summed E-state index contributed by atoms with van der Waals surface area (Å²) in [5.41, 5.74) is 0. The van der Waals surface area contributed by atoms with Crippen molar-refractivity contribution in [2.24, 2.45) is 0 Å². The molecular weight excluding hydrogens is 441 g/mol. The SMILES string of the molecule is CCCCCCCCCCCCCCCC(=O)NCCCCCCOP([O-])(=S)OC(C)C. The van der Waals surface area contributed by atoms with Gasteiger partial charge in [-0.1, -0.05) is 109 Å². The Balaban J connectivity index is 3.30. The Bertz CT molecular complexity index is 477. The first-order valence-electron chi connectivity index (χ1n) is 13.3. The van der Waals surface area contributed by atoms with Gasteiger partial charge in [-0.2, -0.15) is 0 Å². The highest BCUT2D eigenvalue weighted by atomic mass is 32.5. The van der Waals surface area contributed by atoms with Gasteiger partial charge in [0.15, 0.2) is 0 Å². The van der Waals surface area contributed by atoms with Gasteiger partial charge >= 0.3 is 0 Å². The fourth-order valence-corrected chi connectivity index (χ4v) is 5.34. The summed E-state index contributed by atoms with van der Waals surface area (Å²) >= 11 is 4.83. The maximum atomic E-state index is 11.9. The second-order valence-electron chi connectivity index (χ2n) is 9.19. The van der Waals surface area contributed by atoms with Crippen LogP contribution in [0.4, 0.5) is 0 Å². The number of unbranched alkanes of at least 4 members (excludes halogenated alkanes) is 15. The van der Waals surface area contributed by atoms with Crippen molar-refractivity contribution < 1.29 is 18.7 Å². The van der Waals surface area contributed by atoms with Crippen molar-refractivity contribution in [1.82, 2.24) is 5.32 Å². The van der Waals surface area contributed by atoms with Gasteiger partial charge in [0.05, 0.1) is 12.7 Å². The predicted octanol–water partition coefficient (Wildman–Crippen LogP) is 7.17. The van der Waals surface area contributed by atoms with Crippen LogP contribution in [0.5, 0.6) is 0 Å². The molecule has 1 amide bonds. The molecule has 32 heavy (non-hydrogen) atoms. The summed E-state index contributed by atoms with van der Waals surface area (Å²) < 4.78 is 10.3. The molecule has 0 rings (SSSR count). The Morgan fingerprint density at radius 1 is 0.812 bits per heavy atom. The minimum absolute atomic E-state index is 0.175. The molecule has 192 valence electrons. The number of rotatable bonds is 24. The Morgan fingerprint density at radius 2 is 1.28 bits per heavy atom. The Hall–Kier alpha value is -0.0000000000000000763. The van der Waals surface area contributed by atoms with Crippen LogP contribution in [-0.2, 0) is 25.6 Å². The van der Waals surface area contributed by atoms with Crippen molar-refractivity contribution >= 4 is 24.4 Å². The fourth-order valence-electron chi connectivity index (χ4n) is 3.67. The summed E-state index contributed by atoms with van der Waals surface area (Å²) in [7, 11) is 0. The molecule has 0 spiro atoms. The van der Waals surface area contributed by atoms with Crippen LogP contribution in [0.25, 0.3) is 0 Å². The van der Waals surface area contributed by atoms with E-state index in [2.05, 4.69) is 12.2 Å². The Labute approximate surface area is 204 Å². The summed E-state index contributed by atoms with van der Waals surface area (Å²) in [4.78, 5) is 23.7. The molecule has 7 heteroatoms. The fraction of sp³-hybridized carbons (Fsp3) is 0.960. The third-order valence-electron chi connectivity index (χ3n) is 5.49. The van der Waals surface area contributed by atoms with E-state index >= 15 is 0 Å². The summed E-state index contributed by atoms with van der Waals surface area (Å²) in [5, 5.41) is 3.01. The van der Waals surface area contributed by atoms with Gasteiger partial charge in [-0.25, -0.2) is 0 Å². The number of amides is 1. The Morgan fingerprint density at radius 3 is 1.81 bits per heavy atom. The van der Waals surface area contributed by atoms with E-state index in [0.717, 1.165) is 45.1 Å². The second kappa shape index (κ2) is 22.8. The zero-order chi connectivity index (χ0) is 23.9.